The molecule has 0 atom stereocenters. The molecule has 0 spiro atoms. The minimum Gasteiger partial charge on any atom is -0.497 e. The maximum absolute atomic E-state index is 15.4. The third-order valence-electron chi connectivity index (χ3n) is 6.85. The number of nitrogens with zero attached hydrogens (tertiary/aromatic N) is 3. The van der Waals surface area contributed by atoms with Gasteiger partial charge in [0.25, 0.3) is 5.56 Å². The first-order chi connectivity index (χ1) is 20.9. The first kappa shape index (κ1) is 30.4. The smallest absolute Gasteiger partial charge is 0.393 e. The van der Waals surface area contributed by atoms with Crippen LogP contribution < -0.4 is 16.0 Å². The van der Waals surface area contributed by atoms with Gasteiger partial charge in [0.15, 0.2) is 5.78 Å². The number of methoxy groups -OCH3 is 1. The van der Waals surface area contributed by atoms with Crippen molar-refractivity contribution in [2.24, 2.45) is 0 Å². The molecule has 7 nitrogen and oxygen atoms in total. The van der Waals surface area contributed by atoms with Crippen molar-refractivity contribution < 1.29 is 31.5 Å². The SMILES string of the molecule is COc1ccc(C(=O)Cn2c(=O)c3cc(CC(F)(F)F)sc3n(Cc3c(F)cc(-c4ccccc4C#N)cc3F)c2=O)cc1. The molecule has 0 saturated carbocycles. The summed E-state index contributed by atoms with van der Waals surface area (Å²) in [6.07, 6.45) is -6.04. The van der Waals surface area contributed by atoms with E-state index in [0.29, 0.717) is 21.7 Å². The fourth-order valence-electron chi connectivity index (χ4n) is 4.73. The van der Waals surface area contributed by atoms with Crippen molar-refractivity contribution in [1.82, 2.24) is 9.13 Å². The number of nitriles is 1. The van der Waals surface area contributed by atoms with Crippen LogP contribution in [-0.2, 0) is 19.5 Å². The number of hydrogen-bond acceptors (Lipinski definition) is 6. The van der Waals surface area contributed by atoms with E-state index in [9.17, 15) is 32.8 Å². The second-order valence-electron chi connectivity index (χ2n) is 9.71. The van der Waals surface area contributed by atoms with Crippen molar-refractivity contribution in [1.29, 1.82) is 5.26 Å². The third kappa shape index (κ3) is 6.02. The molecule has 0 unspecified atom stereocenters. The summed E-state index contributed by atoms with van der Waals surface area (Å²) in [4.78, 5) is 39.4. The molecule has 0 bridgehead atoms. The van der Waals surface area contributed by atoms with E-state index in [2.05, 4.69) is 0 Å². The van der Waals surface area contributed by atoms with E-state index in [0.717, 1.165) is 22.8 Å². The summed E-state index contributed by atoms with van der Waals surface area (Å²) in [6, 6.07) is 16.8. The summed E-state index contributed by atoms with van der Waals surface area (Å²) in [7, 11) is 1.42. The van der Waals surface area contributed by atoms with Crippen molar-refractivity contribution in [3.05, 3.63) is 121 Å². The van der Waals surface area contributed by atoms with Crippen molar-refractivity contribution in [3.8, 4) is 22.9 Å². The number of carbonyl (C=O) groups is 1. The molecule has 0 aliphatic rings. The van der Waals surface area contributed by atoms with Crippen molar-refractivity contribution in [2.75, 3.05) is 7.11 Å². The molecule has 0 amide bonds. The Morgan fingerprint density at radius 3 is 2.25 bits per heavy atom. The summed E-state index contributed by atoms with van der Waals surface area (Å²) < 4.78 is 76.9. The lowest BCUT2D eigenvalue weighted by molar-refractivity contribution is -0.126. The van der Waals surface area contributed by atoms with Crippen molar-refractivity contribution in [3.63, 3.8) is 0 Å². The van der Waals surface area contributed by atoms with Crippen LogP contribution in [0.1, 0.15) is 26.4 Å². The Hall–Kier alpha value is -5.09. The van der Waals surface area contributed by atoms with Gasteiger partial charge in [-0.25, -0.2) is 13.6 Å². The highest BCUT2D eigenvalue weighted by molar-refractivity contribution is 7.18. The molecule has 44 heavy (non-hydrogen) atoms. The Bertz CT molecular complexity index is 2050. The number of halogens is 5. The van der Waals surface area contributed by atoms with Gasteiger partial charge in [-0.3, -0.25) is 18.7 Å². The van der Waals surface area contributed by atoms with Gasteiger partial charge in [0, 0.05) is 16.0 Å². The molecule has 2 heterocycles. The topological polar surface area (TPSA) is 94.1 Å². The van der Waals surface area contributed by atoms with Crippen LogP contribution in [0.15, 0.2) is 76.3 Å². The lowest BCUT2D eigenvalue weighted by atomic mass is 9.98. The summed E-state index contributed by atoms with van der Waals surface area (Å²) in [5.74, 6) is -2.40. The average molecular weight is 626 g/mol. The molecular weight excluding hydrogens is 605 g/mol. The van der Waals surface area contributed by atoms with Gasteiger partial charge in [0.2, 0.25) is 0 Å². The predicted octanol–water partition coefficient (Wildman–Crippen LogP) is 6.09. The van der Waals surface area contributed by atoms with Gasteiger partial charge in [-0.1, -0.05) is 18.2 Å². The number of ether oxygens (including phenoxy) is 1. The predicted molar refractivity (Wildman–Crippen MR) is 153 cm³/mol. The molecule has 2 aromatic heterocycles. The van der Waals surface area contributed by atoms with Crippen molar-refractivity contribution in [2.45, 2.75) is 25.7 Å². The van der Waals surface area contributed by atoms with Gasteiger partial charge in [-0.2, -0.15) is 18.4 Å². The van der Waals surface area contributed by atoms with Gasteiger partial charge in [-0.05, 0) is 59.7 Å². The standard InChI is InChI=1S/C31H20F5N3O4S/c1-43-20-8-6-17(7-9-20)27(40)16-38-28(41)23-12-21(13-31(34,35)36)44-29(23)39(30(38)42)15-24-25(32)10-19(11-26(24)33)22-5-3-2-4-18(22)14-37/h2-12H,13,15-16H2,1H3. The molecule has 5 rings (SSSR count). The maximum atomic E-state index is 15.4. The number of alkyl halides is 3. The quantitative estimate of drug-likeness (QED) is 0.154. The highest BCUT2D eigenvalue weighted by Gasteiger charge is 2.30. The molecule has 0 aliphatic carbocycles. The fourth-order valence-corrected chi connectivity index (χ4v) is 5.90. The Morgan fingerprint density at radius 2 is 1.64 bits per heavy atom. The largest absolute Gasteiger partial charge is 0.497 e. The number of thiophene rings is 1. The first-order valence-corrected chi connectivity index (χ1v) is 13.7. The Labute approximate surface area is 249 Å². The Balaban J connectivity index is 1.63. The van der Waals surface area contributed by atoms with E-state index in [1.54, 1.807) is 12.1 Å². The molecule has 13 heteroatoms. The van der Waals surface area contributed by atoms with E-state index in [1.165, 1.54) is 43.5 Å². The Morgan fingerprint density at radius 1 is 0.977 bits per heavy atom. The maximum Gasteiger partial charge on any atom is 0.393 e. The second kappa shape index (κ2) is 11.9. The summed E-state index contributed by atoms with van der Waals surface area (Å²) in [5, 5.41) is 9.07. The number of aromatic nitrogens is 2. The summed E-state index contributed by atoms with van der Waals surface area (Å²) in [6.45, 7) is -1.57. The number of ketones is 1. The average Bonchev–Trinajstić information content (AvgIpc) is 3.40. The zero-order chi connectivity index (χ0) is 31.8. The minimum absolute atomic E-state index is 0.0528. The highest BCUT2D eigenvalue weighted by atomic mass is 32.1. The zero-order valence-corrected chi connectivity index (χ0v) is 23.6. The number of rotatable bonds is 8. The zero-order valence-electron chi connectivity index (χ0n) is 22.7. The summed E-state index contributed by atoms with van der Waals surface area (Å²) >= 11 is 0.493. The van der Waals surface area contributed by atoms with E-state index >= 15 is 8.78 Å². The molecule has 0 aliphatic heterocycles. The number of benzene rings is 3. The van der Waals surface area contributed by atoms with Crippen molar-refractivity contribution >= 4 is 27.3 Å². The van der Waals surface area contributed by atoms with Crippen LogP contribution in [0.25, 0.3) is 21.3 Å². The van der Waals surface area contributed by atoms with Crippen LogP contribution >= 0.6 is 11.3 Å². The van der Waals surface area contributed by atoms with E-state index < -0.39 is 59.9 Å². The fraction of sp³-hybridized carbons (Fsp3) is 0.161. The number of hydrogen-bond donors (Lipinski definition) is 0. The Kier molecular flexibility index (Phi) is 8.21. The monoisotopic (exact) mass is 625 g/mol. The van der Waals surface area contributed by atoms with Gasteiger partial charge in [0.05, 0.1) is 43.6 Å². The molecule has 0 fully saturated rings. The highest BCUT2D eigenvalue weighted by Crippen LogP contribution is 2.31. The number of carbonyl (C=O) groups excluding carboxylic acids is 1. The lowest BCUT2D eigenvalue weighted by Crippen LogP contribution is -2.41. The van der Waals surface area contributed by atoms with E-state index in [4.69, 9.17) is 4.74 Å². The molecule has 5 aromatic rings. The summed E-state index contributed by atoms with van der Waals surface area (Å²) in [5.41, 5.74) is -2.15. The van der Waals surface area contributed by atoms with Gasteiger partial charge < -0.3 is 4.74 Å². The lowest BCUT2D eigenvalue weighted by Gasteiger charge is -2.14. The molecule has 0 saturated heterocycles. The number of Topliss-reactive ketones (excluding diaryl/α,β-unsaturated/α-hetero) is 1. The van der Waals surface area contributed by atoms with E-state index in [-0.39, 0.29) is 37.3 Å². The molecule has 0 radical (unpaired) electrons. The number of fused-ring (bicyclic) bond motifs is 1. The van der Waals surface area contributed by atoms with Crippen LogP contribution in [0.3, 0.4) is 0 Å². The normalized spacial score (nSPS) is 11.5. The van der Waals surface area contributed by atoms with Crippen LogP contribution in [0.5, 0.6) is 5.75 Å². The minimum atomic E-state index is -4.64. The first-order valence-electron chi connectivity index (χ1n) is 12.9. The van der Waals surface area contributed by atoms with E-state index in [1.807, 2.05) is 6.07 Å². The molecule has 0 N–H and O–H groups in total. The van der Waals surface area contributed by atoms with Gasteiger partial charge >= 0.3 is 11.9 Å². The third-order valence-corrected chi connectivity index (χ3v) is 8.01. The van der Waals surface area contributed by atoms with Gasteiger partial charge in [0.1, 0.15) is 22.2 Å². The van der Waals surface area contributed by atoms with Gasteiger partial charge in [-0.15, -0.1) is 11.3 Å². The molecule has 3 aromatic carbocycles. The van der Waals surface area contributed by atoms with Crippen LogP contribution in [0.2, 0.25) is 0 Å². The van der Waals surface area contributed by atoms with Crippen LogP contribution in [0.4, 0.5) is 22.0 Å². The second-order valence-corrected chi connectivity index (χ2v) is 10.8. The van der Waals surface area contributed by atoms with Crippen LogP contribution in [0, 0.1) is 23.0 Å². The molecule has 224 valence electrons. The molecular formula is C31H20F5N3O4S. The van der Waals surface area contributed by atoms with Crippen LogP contribution in [-0.4, -0.2) is 28.2 Å².